The Kier molecular flexibility index (Phi) is 1.53. The normalized spacial score (nSPS) is 35.7. The number of rotatable bonds is 1. The summed E-state index contributed by atoms with van der Waals surface area (Å²) in [5, 5.41) is 2.11. The summed E-state index contributed by atoms with van der Waals surface area (Å²) in [5.74, 6) is 0. The van der Waals surface area contributed by atoms with Gasteiger partial charge in [0.05, 0.1) is 4.34 Å². The Morgan fingerprint density at radius 2 is 2.45 bits per heavy atom. The van der Waals surface area contributed by atoms with Crippen molar-refractivity contribution in [2.75, 3.05) is 0 Å². The quantitative estimate of drug-likeness (QED) is 0.718. The fraction of sp³-hybridized carbons (Fsp3) is 0.500. The van der Waals surface area contributed by atoms with Crippen molar-refractivity contribution in [3.63, 3.8) is 0 Å². The Labute approximate surface area is 75.2 Å². The van der Waals surface area contributed by atoms with Gasteiger partial charge in [-0.05, 0) is 23.4 Å². The zero-order chi connectivity index (χ0) is 8.06. The molecule has 1 aromatic heterocycles. The maximum atomic E-state index is 5.82. The van der Waals surface area contributed by atoms with Crippen LogP contribution < -0.4 is 5.73 Å². The number of halogens is 1. The molecule has 0 aliphatic heterocycles. The number of thiophene rings is 1. The molecule has 1 saturated carbocycles. The van der Waals surface area contributed by atoms with Crippen LogP contribution in [0.15, 0.2) is 11.4 Å². The van der Waals surface area contributed by atoms with E-state index in [2.05, 4.69) is 12.3 Å². The van der Waals surface area contributed by atoms with Crippen LogP contribution in [0.25, 0.3) is 0 Å². The minimum Gasteiger partial charge on any atom is -0.327 e. The molecule has 1 heterocycles. The third-order valence-corrected chi connectivity index (χ3v) is 3.62. The van der Waals surface area contributed by atoms with Gasteiger partial charge < -0.3 is 5.73 Å². The van der Waals surface area contributed by atoms with E-state index < -0.39 is 0 Å². The monoisotopic (exact) mass is 187 g/mol. The van der Waals surface area contributed by atoms with Crippen LogP contribution in [0.1, 0.15) is 18.9 Å². The summed E-state index contributed by atoms with van der Waals surface area (Å²) >= 11 is 7.40. The third kappa shape index (κ3) is 1.10. The second-order valence-electron chi connectivity index (χ2n) is 3.37. The Hall–Kier alpha value is -0.0500. The van der Waals surface area contributed by atoms with Gasteiger partial charge in [-0.25, -0.2) is 0 Å². The lowest BCUT2D eigenvalue weighted by atomic mass is 10.0. The van der Waals surface area contributed by atoms with Crippen molar-refractivity contribution in [1.82, 2.24) is 0 Å². The molecule has 1 fully saturated rings. The number of nitrogens with two attached hydrogens (primary N) is 1. The van der Waals surface area contributed by atoms with E-state index in [1.807, 2.05) is 6.07 Å². The molecule has 0 bridgehead atoms. The summed E-state index contributed by atoms with van der Waals surface area (Å²) in [6, 6.07) is 2.37. The zero-order valence-electron chi connectivity index (χ0n) is 6.30. The molecule has 2 unspecified atom stereocenters. The first-order chi connectivity index (χ1) is 5.13. The van der Waals surface area contributed by atoms with Crippen molar-refractivity contribution < 1.29 is 0 Å². The summed E-state index contributed by atoms with van der Waals surface area (Å²) in [6.07, 6.45) is 1.10. The van der Waals surface area contributed by atoms with Gasteiger partial charge in [-0.1, -0.05) is 18.5 Å². The van der Waals surface area contributed by atoms with Gasteiger partial charge in [0.15, 0.2) is 0 Å². The van der Waals surface area contributed by atoms with Crippen LogP contribution in [-0.2, 0) is 5.41 Å². The van der Waals surface area contributed by atoms with Crippen LogP contribution in [0.2, 0.25) is 4.34 Å². The molecule has 60 valence electrons. The van der Waals surface area contributed by atoms with Crippen molar-refractivity contribution in [3.05, 3.63) is 21.3 Å². The number of hydrogen-bond donors (Lipinski definition) is 1. The smallest absolute Gasteiger partial charge is 0.0931 e. The summed E-state index contributed by atoms with van der Waals surface area (Å²) in [4.78, 5) is 0. The van der Waals surface area contributed by atoms with E-state index in [-0.39, 0.29) is 5.41 Å². The van der Waals surface area contributed by atoms with Crippen LogP contribution in [0.3, 0.4) is 0 Å². The maximum Gasteiger partial charge on any atom is 0.0931 e. The van der Waals surface area contributed by atoms with Crippen molar-refractivity contribution in [2.24, 2.45) is 5.73 Å². The molecule has 0 spiro atoms. The molecule has 0 aromatic carbocycles. The summed E-state index contributed by atoms with van der Waals surface area (Å²) < 4.78 is 0.861. The fourth-order valence-electron chi connectivity index (χ4n) is 1.34. The molecular weight excluding hydrogens is 178 g/mol. The summed E-state index contributed by atoms with van der Waals surface area (Å²) in [7, 11) is 0. The Balaban J connectivity index is 2.31. The molecule has 1 aromatic rings. The van der Waals surface area contributed by atoms with E-state index >= 15 is 0 Å². The predicted molar refractivity (Wildman–Crippen MR) is 49.3 cm³/mol. The highest BCUT2D eigenvalue weighted by atomic mass is 35.5. The van der Waals surface area contributed by atoms with E-state index in [9.17, 15) is 0 Å². The number of hydrogen-bond acceptors (Lipinski definition) is 2. The Morgan fingerprint density at radius 3 is 2.82 bits per heavy atom. The van der Waals surface area contributed by atoms with Crippen LogP contribution in [-0.4, -0.2) is 6.04 Å². The van der Waals surface area contributed by atoms with Crippen LogP contribution in [0, 0.1) is 0 Å². The SMILES string of the molecule is CC1(c2csc(Cl)c2)CC1N. The van der Waals surface area contributed by atoms with E-state index in [1.54, 1.807) is 11.3 Å². The Morgan fingerprint density at radius 1 is 1.82 bits per heavy atom. The first-order valence-electron chi connectivity index (χ1n) is 3.63. The van der Waals surface area contributed by atoms with Gasteiger partial charge in [-0.2, -0.15) is 0 Å². The van der Waals surface area contributed by atoms with Crippen molar-refractivity contribution in [3.8, 4) is 0 Å². The zero-order valence-corrected chi connectivity index (χ0v) is 7.88. The maximum absolute atomic E-state index is 5.82. The van der Waals surface area contributed by atoms with E-state index in [1.165, 1.54) is 5.56 Å². The molecule has 0 amide bonds. The lowest BCUT2D eigenvalue weighted by Gasteiger charge is -2.04. The second kappa shape index (κ2) is 2.22. The summed E-state index contributed by atoms with van der Waals surface area (Å²) in [5.41, 5.74) is 7.33. The molecule has 2 N–H and O–H groups in total. The first kappa shape index (κ1) is 7.59. The highest BCUT2D eigenvalue weighted by molar-refractivity contribution is 7.14. The average molecular weight is 188 g/mol. The predicted octanol–water partition coefficient (Wildman–Crippen LogP) is 2.39. The molecule has 2 atom stereocenters. The molecule has 2 rings (SSSR count). The van der Waals surface area contributed by atoms with Gasteiger partial charge in [0.1, 0.15) is 0 Å². The molecule has 0 radical (unpaired) electrons. The average Bonchev–Trinajstić information content (AvgIpc) is 2.44. The molecule has 1 nitrogen and oxygen atoms in total. The second-order valence-corrected chi connectivity index (χ2v) is 4.91. The molecule has 11 heavy (non-hydrogen) atoms. The van der Waals surface area contributed by atoms with Crippen LogP contribution in [0.5, 0.6) is 0 Å². The van der Waals surface area contributed by atoms with E-state index in [4.69, 9.17) is 17.3 Å². The van der Waals surface area contributed by atoms with Crippen molar-refractivity contribution in [1.29, 1.82) is 0 Å². The lowest BCUT2D eigenvalue weighted by Crippen LogP contribution is -2.13. The molecule has 0 saturated heterocycles. The van der Waals surface area contributed by atoms with Gasteiger partial charge in [-0.15, -0.1) is 11.3 Å². The van der Waals surface area contributed by atoms with Gasteiger partial charge in [0, 0.05) is 11.5 Å². The van der Waals surface area contributed by atoms with Gasteiger partial charge in [0.25, 0.3) is 0 Å². The largest absolute Gasteiger partial charge is 0.327 e. The standard InChI is InChI=1S/C8H10ClNS/c1-8(3-6(8)10)5-2-7(9)11-4-5/h2,4,6H,3,10H2,1H3. The van der Waals surface area contributed by atoms with E-state index in [0.29, 0.717) is 6.04 Å². The van der Waals surface area contributed by atoms with Crippen molar-refractivity contribution in [2.45, 2.75) is 24.8 Å². The molecule has 1 aliphatic rings. The molecular formula is C8H10ClNS. The third-order valence-electron chi connectivity index (χ3n) is 2.53. The van der Waals surface area contributed by atoms with Gasteiger partial charge in [-0.3, -0.25) is 0 Å². The fourth-order valence-corrected chi connectivity index (χ4v) is 2.36. The Bertz CT molecular complexity index is 283. The topological polar surface area (TPSA) is 26.0 Å². The molecule has 1 aliphatic carbocycles. The van der Waals surface area contributed by atoms with Gasteiger partial charge in [0.2, 0.25) is 0 Å². The summed E-state index contributed by atoms with van der Waals surface area (Å²) in [6.45, 7) is 2.19. The van der Waals surface area contributed by atoms with E-state index in [0.717, 1.165) is 10.8 Å². The van der Waals surface area contributed by atoms with Crippen LogP contribution in [0.4, 0.5) is 0 Å². The highest BCUT2D eigenvalue weighted by Gasteiger charge is 2.49. The molecule has 3 heteroatoms. The minimum absolute atomic E-state index is 0.226. The lowest BCUT2D eigenvalue weighted by molar-refractivity contribution is 0.745. The minimum atomic E-state index is 0.226. The highest BCUT2D eigenvalue weighted by Crippen LogP contribution is 2.48. The van der Waals surface area contributed by atoms with Crippen LogP contribution >= 0.6 is 22.9 Å². The van der Waals surface area contributed by atoms with Crippen molar-refractivity contribution >= 4 is 22.9 Å². The first-order valence-corrected chi connectivity index (χ1v) is 4.89. The van der Waals surface area contributed by atoms with Gasteiger partial charge >= 0.3 is 0 Å².